The van der Waals surface area contributed by atoms with Crippen molar-refractivity contribution in [3.05, 3.63) is 22.0 Å². The van der Waals surface area contributed by atoms with Crippen LogP contribution in [0.1, 0.15) is 0 Å². The number of aromatic nitrogens is 3. The molecule has 0 aliphatic carbocycles. The van der Waals surface area contributed by atoms with Crippen LogP contribution in [-0.4, -0.2) is 41.3 Å². The minimum absolute atomic E-state index is 0.240. The van der Waals surface area contributed by atoms with Crippen molar-refractivity contribution in [2.24, 2.45) is 0 Å². The third kappa shape index (κ3) is 2.28. The summed E-state index contributed by atoms with van der Waals surface area (Å²) in [5, 5.41) is 0.240. The Bertz CT molecular complexity index is 583. The molecule has 5 nitrogen and oxygen atoms in total. The number of fused-ring (bicyclic) bond motifs is 1. The molecule has 1 aliphatic rings. The molecule has 0 amide bonds. The Morgan fingerprint density at radius 3 is 2.83 bits per heavy atom. The average Bonchev–Trinajstić information content (AvgIpc) is 2.38. The van der Waals surface area contributed by atoms with E-state index in [0.29, 0.717) is 13.2 Å². The zero-order valence-corrected chi connectivity index (χ0v) is 11.8. The number of hydrogen-bond acceptors (Lipinski definition) is 5. The summed E-state index contributed by atoms with van der Waals surface area (Å²) in [6.45, 7) is 2.97. The van der Waals surface area contributed by atoms with E-state index in [1.807, 2.05) is 6.07 Å². The number of pyridine rings is 1. The first-order valence-corrected chi connectivity index (χ1v) is 6.72. The second kappa shape index (κ2) is 4.95. The van der Waals surface area contributed by atoms with E-state index in [2.05, 4.69) is 35.8 Å². The van der Waals surface area contributed by atoms with Crippen LogP contribution >= 0.6 is 27.5 Å². The highest BCUT2D eigenvalue weighted by atomic mass is 79.9. The Balaban J connectivity index is 2.14. The Kier molecular flexibility index (Phi) is 3.32. The third-order valence-corrected chi connectivity index (χ3v) is 3.37. The van der Waals surface area contributed by atoms with E-state index in [9.17, 15) is 0 Å². The highest BCUT2D eigenvalue weighted by Gasteiger charge is 2.17. The fraction of sp³-hybridized carbons (Fsp3) is 0.364. The van der Waals surface area contributed by atoms with E-state index >= 15 is 0 Å². The van der Waals surface area contributed by atoms with Gasteiger partial charge in [0, 0.05) is 23.8 Å². The molecular formula is C11H10BrClN4O. The van der Waals surface area contributed by atoms with Crippen LogP contribution < -0.4 is 4.90 Å². The van der Waals surface area contributed by atoms with Crippen molar-refractivity contribution in [1.29, 1.82) is 0 Å². The number of rotatable bonds is 1. The molecule has 0 spiro atoms. The predicted octanol–water partition coefficient (Wildman–Crippen LogP) is 2.28. The quantitative estimate of drug-likeness (QED) is 0.751. The Labute approximate surface area is 117 Å². The van der Waals surface area contributed by atoms with Gasteiger partial charge in [0.25, 0.3) is 0 Å². The lowest BCUT2D eigenvalue weighted by molar-refractivity contribution is 0.122. The van der Waals surface area contributed by atoms with Crippen LogP contribution in [0.3, 0.4) is 0 Å². The van der Waals surface area contributed by atoms with Gasteiger partial charge in [-0.3, -0.25) is 0 Å². The minimum Gasteiger partial charge on any atom is -0.378 e. The topological polar surface area (TPSA) is 51.1 Å². The minimum atomic E-state index is 0.240. The van der Waals surface area contributed by atoms with Crippen LogP contribution in [0.2, 0.25) is 5.28 Å². The van der Waals surface area contributed by atoms with E-state index in [1.54, 1.807) is 6.20 Å². The first kappa shape index (κ1) is 12.1. The first-order chi connectivity index (χ1) is 8.74. The number of halogens is 2. The van der Waals surface area contributed by atoms with Gasteiger partial charge in [-0.1, -0.05) is 0 Å². The van der Waals surface area contributed by atoms with E-state index in [-0.39, 0.29) is 5.28 Å². The number of hydrogen-bond donors (Lipinski definition) is 0. The lowest BCUT2D eigenvalue weighted by Gasteiger charge is -2.28. The Hall–Kier alpha value is -0.980. The first-order valence-electron chi connectivity index (χ1n) is 5.55. The largest absolute Gasteiger partial charge is 0.378 e. The van der Waals surface area contributed by atoms with Crippen LogP contribution in [0.25, 0.3) is 11.0 Å². The molecule has 1 aliphatic heterocycles. The molecule has 0 N–H and O–H groups in total. The molecule has 0 radical (unpaired) electrons. The van der Waals surface area contributed by atoms with E-state index in [4.69, 9.17) is 16.3 Å². The standard InChI is InChI=1S/C11H10BrClN4O/c12-7-5-8-9(14-6-7)10(16-11(13)15-8)17-1-3-18-4-2-17/h5-6H,1-4H2. The van der Waals surface area contributed by atoms with Gasteiger partial charge >= 0.3 is 0 Å². The molecular weight excluding hydrogens is 320 g/mol. The molecule has 3 rings (SSSR count). The molecule has 7 heteroatoms. The van der Waals surface area contributed by atoms with Crippen molar-refractivity contribution in [3.8, 4) is 0 Å². The molecule has 18 heavy (non-hydrogen) atoms. The summed E-state index contributed by atoms with van der Waals surface area (Å²) < 4.78 is 6.21. The molecule has 2 aromatic rings. The fourth-order valence-electron chi connectivity index (χ4n) is 1.95. The van der Waals surface area contributed by atoms with Crippen molar-refractivity contribution < 1.29 is 4.74 Å². The van der Waals surface area contributed by atoms with Gasteiger partial charge in [0.05, 0.1) is 18.7 Å². The van der Waals surface area contributed by atoms with Crippen LogP contribution in [0.4, 0.5) is 5.82 Å². The molecule has 1 fully saturated rings. The fourth-order valence-corrected chi connectivity index (χ4v) is 2.44. The van der Waals surface area contributed by atoms with Crippen LogP contribution in [0.5, 0.6) is 0 Å². The van der Waals surface area contributed by atoms with Crippen molar-refractivity contribution in [2.45, 2.75) is 0 Å². The predicted molar refractivity (Wildman–Crippen MR) is 73.1 cm³/mol. The molecule has 94 valence electrons. The number of nitrogens with zero attached hydrogens (tertiary/aromatic N) is 4. The van der Waals surface area contributed by atoms with Crippen molar-refractivity contribution >= 4 is 44.4 Å². The molecule has 0 unspecified atom stereocenters. The highest BCUT2D eigenvalue weighted by Crippen LogP contribution is 2.26. The molecule has 0 saturated carbocycles. The summed E-state index contributed by atoms with van der Waals surface area (Å²) in [6, 6.07) is 1.89. The van der Waals surface area contributed by atoms with E-state index in [0.717, 1.165) is 34.4 Å². The summed E-state index contributed by atoms with van der Waals surface area (Å²) in [7, 11) is 0. The van der Waals surface area contributed by atoms with Gasteiger partial charge in [-0.15, -0.1) is 0 Å². The lowest BCUT2D eigenvalue weighted by Crippen LogP contribution is -2.37. The summed E-state index contributed by atoms with van der Waals surface area (Å²) in [6.07, 6.45) is 1.74. The molecule has 1 saturated heterocycles. The van der Waals surface area contributed by atoms with Crippen LogP contribution in [0, 0.1) is 0 Å². The van der Waals surface area contributed by atoms with Gasteiger partial charge in [0.1, 0.15) is 5.52 Å². The van der Waals surface area contributed by atoms with Crippen molar-refractivity contribution in [1.82, 2.24) is 15.0 Å². The third-order valence-electron chi connectivity index (χ3n) is 2.77. The SMILES string of the molecule is Clc1nc(N2CCOCC2)c2ncc(Br)cc2n1. The maximum absolute atomic E-state index is 5.97. The van der Waals surface area contributed by atoms with Gasteiger partial charge in [-0.25, -0.2) is 9.97 Å². The van der Waals surface area contributed by atoms with E-state index < -0.39 is 0 Å². The Morgan fingerprint density at radius 1 is 1.28 bits per heavy atom. The molecule has 0 aromatic carbocycles. The molecule has 0 bridgehead atoms. The van der Waals surface area contributed by atoms with Crippen LogP contribution in [0.15, 0.2) is 16.7 Å². The lowest BCUT2D eigenvalue weighted by atomic mass is 10.3. The maximum atomic E-state index is 5.97. The van der Waals surface area contributed by atoms with Crippen LogP contribution in [-0.2, 0) is 4.74 Å². The van der Waals surface area contributed by atoms with Gasteiger partial charge in [-0.05, 0) is 33.6 Å². The normalized spacial score (nSPS) is 16.2. The number of morpholine rings is 1. The van der Waals surface area contributed by atoms with Gasteiger partial charge in [-0.2, -0.15) is 4.98 Å². The van der Waals surface area contributed by atoms with Gasteiger partial charge < -0.3 is 9.64 Å². The average molecular weight is 330 g/mol. The Morgan fingerprint density at radius 2 is 2.06 bits per heavy atom. The molecule has 0 atom stereocenters. The summed E-state index contributed by atoms with van der Waals surface area (Å²) in [4.78, 5) is 15.0. The highest BCUT2D eigenvalue weighted by molar-refractivity contribution is 9.10. The summed E-state index contributed by atoms with van der Waals surface area (Å²) in [5.41, 5.74) is 1.51. The zero-order chi connectivity index (χ0) is 12.5. The number of ether oxygens (including phenoxy) is 1. The van der Waals surface area contributed by atoms with Crippen molar-refractivity contribution in [3.63, 3.8) is 0 Å². The molecule has 2 aromatic heterocycles. The maximum Gasteiger partial charge on any atom is 0.225 e. The monoisotopic (exact) mass is 328 g/mol. The summed E-state index contributed by atoms with van der Waals surface area (Å²) in [5.74, 6) is 0.779. The number of anilines is 1. The smallest absolute Gasteiger partial charge is 0.225 e. The second-order valence-corrected chi connectivity index (χ2v) is 5.19. The molecule has 3 heterocycles. The van der Waals surface area contributed by atoms with Gasteiger partial charge in [0.2, 0.25) is 5.28 Å². The summed E-state index contributed by atoms with van der Waals surface area (Å²) >= 11 is 9.35. The van der Waals surface area contributed by atoms with Gasteiger partial charge in [0.15, 0.2) is 5.82 Å². The van der Waals surface area contributed by atoms with E-state index in [1.165, 1.54) is 0 Å². The zero-order valence-electron chi connectivity index (χ0n) is 9.44. The van der Waals surface area contributed by atoms with Crippen molar-refractivity contribution in [2.75, 3.05) is 31.2 Å². The second-order valence-electron chi connectivity index (χ2n) is 3.94.